The Hall–Kier alpha value is -3.07. The smallest absolute Gasteiger partial charge is 0.326 e. The van der Waals surface area contributed by atoms with Crippen LogP contribution in [0.5, 0.6) is 0 Å². The first-order chi connectivity index (χ1) is 15.3. The van der Waals surface area contributed by atoms with E-state index in [2.05, 4.69) is 30.7 Å². The van der Waals surface area contributed by atoms with Crippen LogP contribution >= 0.6 is 0 Å². The number of aliphatic hydroxyl groups is 2. The first kappa shape index (κ1) is 25.2. The highest BCUT2D eigenvalue weighted by Gasteiger charge is 2.26. The van der Waals surface area contributed by atoms with Crippen molar-refractivity contribution in [1.82, 2.24) is 30.7 Å². The second-order valence-electron chi connectivity index (χ2n) is 7.28. The van der Waals surface area contributed by atoms with Crippen LogP contribution in [0, 0.1) is 0 Å². The topological polar surface area (TPSA) is 239 Å². The lowest BCUT2D eigenvalue weighted by molar-refractivity contribution is -0.139. The molecule has 0 aliphatic rings. The first-order valence-electron chi connectivity index (χ1n) is 10.2. The number of carbonyl (C=O) groups is 2. The molecule has 2 aromatic rings. The number of amides is 2. The minimum absolute atomic E-state index is 0.00880. The Balaban J connectivity index is 2.04. The molecule has 0 aromatic carbocycles. The number of carboxylic acids is 1. The maximum Gasteiger partial charge on any atom is 0.326 e. The summed E-state index contributed by atoms with van der Waals surface area (Å²) in [6.45, 7) is 0.548. The van der Waals surface area contributed by atoms with Gasteiger partial charge in [-0.15, -0.1) is 0 Å². The van der Waals surface area contributed by atoms with Crippen LogP contribution in [0.1, 0.15) is 61.6 Å². The summed E-state index contributed by atoms with van der Waals surface area (Å²) in [5.74, 6) is -0.970. The Kier molecular flexibility index (Phi) is 10.0. The number of aliphatic hydroxyl groups excluding tert-OH is 1. The highest BCUT2D eigenvalue weighted by atomic mass is 16.5. The number of unbranched alkanes of at least 4 members (excludes halogenated alkanes) is 1. The van der Waals surface area contributed by atoms with Crippen LogP contribution in [0.4, 0.5) is 4.79 Å². The van der Waals surface area contributed by atoms with E-state index in [4.69, 9.17) is 16.0 Å². The second kappa shape index (κ2) is 12.7. The van der Waals surface area contributed by atoms with Crippen LogP contribution in [0.2, 0.25) is 0 Å². The fourth-order valence-corrected chi connectivity index (χ4v) is 2.92. The number of nitrogens with zero attached hydrogens (tertiary/aromatic N) is 3. The van der Waals surface area contributed by atoms with Gasteiger partial charge >= 0.3 is 12.0 Å². The van der Waals surface area contributed by atoms with Crippen molar-refractivity contribution in [3.63, 3.8) is 0 Å². The summed E-state index contributed by atoms with van der Waals surface area (Å²) in [6, 6.07) is -3.41. The third kappa shape index (κ3) is 8.22. The molecule has 14 nitrogen and oxygen atoms in total. The van der Waals surface area contributed by atoms with Crippen molar-refractivity contribution in [3.05, 3.63) is 29.9 Å². The molecule has 0 aliphatic heterocycles. The van der Waals surface area contributed by atoms with Crippen molar-refractivity contribution in [2.24, 2.45) is 11.5 Å². The Morgan fingerprint density at radius 1 is 1.19 bits per heavy atom. The Morgan fingerprint density at radius 2 is 1.97 bits per heavy atom. The minimum Gasteiger partial charge on any atom is -0.480 e. The van der Waals surface area contributed by atoms with E-state index in [1.807, 2.05) is 0 Å². The number of nitrogens with one attached hydrogen (secondary N) is 3. The van der Waals surface area contributed by atoms with Gasteiger partial charge in [-0.3, -0.25) is 0 Å². The summed E-state index contributed by atoms with van der Waals surface area (Å²) in [5.41, 5.74) is 12.1. The predicted octanol–water partition coefficient (Wildman–Crippen LogP) is -0.951. The van der Waals surface area contributed by atoms with E-state index >= 15 is 0 Å². The van der Waals surface area contributed by atoms with Gasteiger partial charge in [-0.2, -0.15) is 4.98 Å². The van der Waals surface area contributed by atoms with E-state index in [0.29, 0.717) is 18.7 Å². The Morgan fingerprint density at radius 3 is 2.59 bits per heavy atom. The van der Waals surface area contributed by atoms with Crippen molar-refractivity contribution < 1.29 is 29.4 Å². The number of carboxylic acid groups (broad SMARTS) is 1. The molecule has 0 radical (unpaired) electrons. The zero-order valence-corrected chi connectivity index (χ0v) is 17.5. The molecule has 0 saturated carbocycles. The van der Waals surface area contributed by atoms with E-state index < -0.39 is 36.4 Å². The molecule has 32 heavy (non-hydrogen) atoms. The molecule has 0 spiro atoms. The molecule has 0 bridgehead atoms. The minimum atomic E-state index is -1.62. The SMILES string of the molecule is NCCCC[C@H](N)c1noc([C@H](CCC(O)O)NC(=O)N[C@@H](Cc2cnc[nH]2)C(=O)O)n1. The number of hydrogen-bond acceptors (Lipinski definition) is 10. The lowest BCUT2D eigenvalue weighted by atomic mass is 10.1. The molecule has 10 N–H and O–H groups in total. The predicted molar refractivity (Wildman–Crippen MR) is 110 cm³/mol. The molecule has 14 heteroatoms. The van der Waals surface area contributed by atoms with Crippen molar-refractivity contribution >= 4 is 12.0 Å². The zero-order chi connectivity index (χ0) is 23.5. The number of aromatic amines is 1. The van der Waals surface area contributed by atoms with Gasteiger partial charge in [0, 0.05) is 24.7 Å². The number of imidazole rings is 1. The van der Waals surface area contributed by atoms with Crippen LogP contribution in [-0.4, -0.2) is 66.3 Å². The fraction of sp³-hybridized carbons (Fsp3) is 0.611. The van der Waals surface area contributed by atoms with E-state index in [9.17, 15) is 24.9 Å². The summed E-state index contributed by atoms with van der Waals surface area (Å²) in [7, 11) is 0. The summed E-state index contributed by atoms with van der Waals surface area (Å²) in [4.78, 5) is 34.8. The summed E-state index contributed by atoms with van der Waals surface area (Å²) in [6.07, 6.45) is 3.37. The molecule has 0 saturated heterocycles. The first-order valence-corrected chi connectivity index (χ1v) is 10.2. The van der Waals surface area contributed by atoms with E-state index in [1.165, 1.54) is 12.5 Å². The molecule has 178 valence electrons. The van der Waals surface area contributed by atoms with Crippen LogP contribution in [0.3, 0.4) is 0 Å². The lowest BCUT2D eigenvalue weighted by Gasteiger charge is -2.19. The number of hydrogen-bond donors (Lipinski definition) is 8. The summed E-state index contributed by atoms with van der Waals surface area (Å²) < 4.78 is 5.22. The second-order valence-corrected chi connectivity index (χ2v) is 7.28. The third-order valence-corrected chi connectivity index (χ3v) is 4.66. The van der Waals surface area contributed by atoms with Gasteiger partial charge in [0.25, 0.3) is 0 Å². The lowest BCUT2D eigenvalue weighted by Crippen LogP contribution is -2.48. The number of urea groups is 1. The Bertz CT molecular complexity index is 827. The van der Waals surface area contributed by atoms with Crippen LogP contribution in [-0.2, 0) is 11.2 Å². The number of nitrogens with two attached hydrogens (primary N) is 2. The van der Waals surface area contributed by atoms with Crippen LogP contribution in [0.25, 0.3) is 0 Å². The average Bonchev–Trinajstić information content (AvgIpc) is 3.42. The number of rotatable bonds is 14. The maximum absolute atomic E-state index is 12.5. The van der Waals surface area contributed by atoms with Gasteiger partial charge in [0.1, 0.15) is 12.1 Å². The van der Waals surface area contributed by atoms with Gasteiger partial charge in [0.15, 0.2) is 12.1 Å². The van der Waals surface area contributed by atoms with Gasteiger partial charge in [0.2, 0.25) is 5.89 Å². The standard InChI is InChI=1S/C18H30N8O6/c19-6-2-1-3-11(20)15-25-16(32-26-15)12(4-5-14(27)28)23-18(31)24-13(17(29)30)7-10-8-21-9-22-10/h8-9,11-14,27-28H,1-7,19-20H2,(H,21,22)(H,29,30)(H2,23,24,31)/t11-,12-,13-/m0/s1. The molecule has 2 aromatic heterocycles. The van der Waals surface area contributed by atoms with Gasteiger partial charge < -0.3 is 46.9 Å². The number of H-pyrrole nitrogens is 1. The molecule has 0 fully saturated rings. The van der Waals surface area contributed by atoms with Crippen LogP contribution < -0.4 is 22.1 Å². The van der Waals surface area contributed by atoms with E-state index in [0.717, 1.165) is 12.8 Å². The molecule has 2 rings (SSSR count). The van der Waals surface area contributed by atoms with Crippen molar-refractivity contribution in [2.45, 2.75) is 62.9 Å². The van der Waals surface area contributed by atoms with Gasteiger partial charge in [-0.05, 0) is 25.8 Å². The molecule has 3 atom stereocenters. The Labute approximate surface area is 183 Å². The molecular weight excluding hydrogens is 424 g/mol. The fourth-order valence-electron chi connectivity index (χ4n) is 2.92. The molecule has 0 aliphatic carbocycles. The van der Waals surface area contributed by atoms with Crippen molar-refractivity contribution in [2.75, 3.05) is 6.54 Å². The van der Waals surface area contributed by atoms with Crippen LogP contribution in [0.15, 0.2) is 17.0 Å². The molecule has 2 heterocycles. The number of carbonyl (C=O) groups excluding carboxylic acids is 1. The van der Waals surface area contributed by atoms with E-state index in [1.54, 1.807) is 0 Å². The number of aliphatic carboxylic acids is 1. The average molecular weight is 454 g/mol. The monoisotopic (exact) mass is 454 g/mol. The van der Waals surface area contributed by atoms with Gasteiger partial charge in [0.05, 0.1) is 12.4 Å². The zero-order valence-electron chi connectivity index (χ0n) is 17.5. The third-order valence-electron chi connectivity index (χ3n) is 4.66. The largest absolute Gasteiger partial charge is 0.480 e. The summed E-state index contributed by atoms with van der Waals surface area (Å²) in [5, 5.41) is 36.5. The maximum atomic E-state index is 12.5. The molecule has 0 unspecified atom stereocenters. The van der Waals surface area contributed by atoms with Gasteiger partial charge in [-0.1, -0.05) is 11.6 Å². The molecule has 2 amide bonds. The quantitative estimate of drug-likeness (QED) is 0.128. The number of aromatic nitrogens is 4. The normalized spacial score (nSPS) is 14.2. The van der Waals surface area contributed by atoms with E-state index in [-0.39, 0.29) is 31.0 Å². The highest BCUT2D eigenvalue weighted by molar-refractivity contribution is 5.82. The van der Waals surface area contributed by atoms with Crippen molar-refractivity contribution in [3.8, 4) is 0 Å². The molecular formula is C18H30N8O6. The van der Waals surface area contributed by atoms with Crippen molar-refractivity contribution in [1.29, 1.82) is 0 Å². The summed E-state index contributed by atoms with van der Waals surface area (Å²) >= 11 is 0. The highest BCUT2D eigenvalue weighted by Crippen LogP contribution is 2.21. The van der Waals surface area contributed by atoms with Gasteiger partial charge in [-0.25, -0.2) is 14.6 Å².